The molecule has 3 rings (SSSR count). The van der Waals surface area contributed by atoms with Crippen LogP contribution in [-0.4, -0.2) is 23.4 Å². The molecule has 0 aromatic heterocycles. The number of rotatable bonds is 1. The van der Waals surface area contributed by atoms with Gasteiger partial charge in [0.1, 0.15) is 11.7 Å². The van der Waals surface area contributed by atoms with Crippen molar-refractivity contribution in [2.45, 2.75) is 0 Å². The van der Waals surface area contributed by atoms with Crippen LogP contribution in [0.5, 0.6) is 0 Å². The van der Waals surface area contributed by atoms with Gasteiger partial charge in [-0.3, -0.25) is 4.79 Å². The van der Waals surface area contributed by atoms with Gasteiger partial charge in [0.2, 0.25) is 5.91 Å². The summed E-state index contributed by atoms with van der Waals surface area (Å²) in [5.74, 6) is 0.146. The number of fused-ring (bicyclic) bond motifs is 1. The van der Waals surface area contributed by atoms with E-state index in [1.54, 1.807) is 0 Å². The number of nitrogens with two attached hydrogens (primary N) is 1. The average molecular weight is 227 g/mol. The van der Waals surface area contributed by atoms with Crippen molar-refractivity contribution >= 4 is 23.4 Å². The van der Waals surface area contributed by atoms with Gasteiger partial charge in [-0.25, -0.2) is 4.99 Å². The Morgan fingerprint density at radius 3 is 2.71 bits per heavy atom. The molecule has 1 unspecified atom stereocenters. The number of nitrogens with zero attached hydrogens (tertiary/aromatic N) is 3. The largest absolute Gasteiger partial charge is 0.385 e. The van der Waals surface area contributed by atoms with Crippen molar-refractivity contribution in [3.63, 3.8) is 0 Å². The first-order valence-electron chi connectivity index (χ1n) is 5.11. The van der Waals surface area contributed by atoms with Crippen molar-refractivity contribution in [1.29, 1.82) is 0 Å². The third-order valence-electron chi connectivity index (χ3n) is 2.60. The van der Waals surface area contributed by atoms with Crippen molar-refractivity contribution in [3.8, 4) is 0 Å². The molecule has 3 N–H and O–H groups in total. The van der Waals surface area contributed by atoms with E-state index in [2.05, 4.69) is 20.5 Å². The van der Waals surface area contributed by atoms with Crippen LogP contribution in [0.1, 0.15) is 5.56 Å². The number of amidine groups is 3. The molecule has 1 aromatic carbocycles. The molecular formula is C11H9N5O. The predicted molar refractivity (Wildman–Crippen MR) is 63.7 cm³/mol. The van der Waals surface area contributed by atoms with E-state index >= 15 is 0 Å². The van der Waals surface area contributed by atoms with E-state index in [9.17, 15) is 4.79 Å². The van der Waals surface area contributed by atoms with Gasteiger partial charge in [-0.15, -0.1) is 10.2 Å². The Hall–Kier alpha value is -2.50. The van der Waals surface area contributed by atoms with Gasteiger partial charge < -0.3 is 11.1 Å². The molecule has 0 bridgehead atoms. The van der Waals surface area contributed by atoms with Crippen LogP contribution in [0.2, 0.25) is 0 Å². The van der Waals surface area contributed by atoms with Crippen molar-refractivity contribution < 1.29 is 4.79 Å². The van der Waals surface area contributed by atoms with Gasteiger partial charge in [-0.2, -0.15) is 0 Å². The second-order valence-corrected chi connectivity index (χ2v) is 3.73. The fourth-order valence-electron chi connectivity index (χ4n) is 1.76. The second kappa shape index (κ2) is 3.51. The van der Waals surface area contributed by atoms with Gasteiger partial charge in [0.15, 0.2) is 11.8 Å². The molecule has 84 valence electrons. The Bertz CT molecular complexity index is 573. The lowest BCUT2D eigenvalue weighted by molar-refractivity contribution is -0.120. The van der Waals surface area contributed by atoms with E-state index in [1.165, 1.54) is 0 Å². The third kappa shape index (κ3) is 1.50. The lowest BCUT2D eigenvalue weighted by atomic mass is 10.0. The van der Waals surface area contributed by atoms with Crippen LogP contribution in [0.3, 0.4) is 0 Å². The smallest absolute Gasteiger partial charge is 0.244 e. The maximum Gasteiger partial charge on any atom is 0.244 e. The van der Waals surface area contributed by atoms with Gasteiger partial charge in [0, 0.05) is 5.56 Å². The van der Waals surface area contributed by atoms with Crippen molar-refractivity contribution in [1.82, 2.24) is 5.32 Å². The van der Waals surface area contributed by atoms with Crippen LogP contribution in [0.15, 0.2) is 45.5 Å². The number of nitrogens with one attached hydrogen (secondary N) is 1. The molecule has 2 heterocycles. The maximum absolute atomic E-state index is 11.8. The van der Waals surface area contributed by atoms with Gasteiger partial charge in [-0.05, 0) is 0 Å². The number of hydrogen-bond acceptors (Lipinski definition) is 5. The number of hydrogen-bond donors (Lipinski definition) is 2. The molecule has 2 aliphatic rings. The molecule has 0 saturated carbocycles. The minimum Gasteiger partial charge on any atom is -0.385 e. The quantitative estimate of drug-likeness (QED) is 0.699. The van der Waals surface area contributed by atoms with Gasteiger partial charge in [-0.1, -0.05) is 30.3 Å². The molecule has 0 radical (unpaired) electrons. The highest BCUT2D eigenvalue weighted by molar-refractivity contribution is 6.31. The molecule has 17 heavy (non-hydrogen) atoms. The molecule has 0 aliphatic carbocycles. The van der Waals surface area contributed by atoms with E-state index in [-0.39, 0.29) is 11.7 Å². The fourth-order valence-corrected chi connectivity index (χ4v) is 1.76. The van der Waals surface area contributed by atoms with E-state index in [4.69, 9.17) is 5.73 Å². The molecule has 0 spiro atoms. The number of aliphatic imine (C=N–C) groups is 1. The fraction of sp³-hybridized carbons (Fsp3) is 0.0909. The summed E-state index contributed by atoms with van der Waals surface area (Å²) < 4.78 is 0. The molecule has 6 nitrogen and oxygen atoms in total. The minimum absolute atomic E-state index is 0.188. The summed E-state index contributed by atoms with van der Waals surface area (Å²) in [6.07, 6.45) is 0. The first kappa shape index (κ1) is 9.71. The molecule has 0 fully saturated rings. The van der Waals surface area contributed by atoms with Crippen LogP contribution in [0.4, 0.5) is 0 Å². The maximum atomic E-state index is 11.8. The second-order valence-electron chi connectivity index (χ2n) is 3.73. The first-order chi connectivity index (χ1) is 8.25. The monoisotopic (exact) mass is 227 g/mol. The summed E-state index contributed by atoms with van der Waals surface area (Å²) >= 11 is 0. The lowest BCUT2D eigenvalue weighted by Crippen LogP contribution is -2.48. The Kier molecular flexibility index (Phi) is 2.01. The number of carbonyl (C=O) groups excluding carboxylic acids is 1. The molecule has 0 saturated heterocycles. The van der Waals surface area contributed by atoms with E-state index < -0.39 is 5.92 Å². The van der Waals surface area contributed by atoms with Crippen LogP contribution < -0.4 is 11.1 Å². The summed E-state index contributed by atoms with van der Waals surface area (Å²) in [6, 6.07) is 9.36. The zero-order chi connectivity index (χ0) is 11.8. The van der Waals surface area contributed by atoms with Crippen LogP contribution in [-0.2, 0) is 4.79 Å². The van der Waals surface area contributed by atoms with Gasteiger partial charge in [0.05, 0.1) is 0 Å². The summed E-state index contributed by atoms with van der Waals surface area (Å²) in [6.45, 7) is 0. The Morgan fingerprint density at radius 2 is 1.94 bits per heavy atom. The van der Waals surface area contributed by atoms with Gasteiger partial charge in [0.25, 0.3) is 0 Å². The SMILES string of the molecule is NC1=NN=C2N=C(c3ccccc3)NC(=O)C12. The van der Waals surface area contributed by atoms with Crippen molar-refractivity contribution in [3.05, 3.63) is 35.9 Å². The summed E-state index contributed by atoms with van der Waals surface area (Å²) in [5.41, 5.74) is 6.40. The van der Waals surface area contributed by atoms with E-state index in [1.807, 2.05) is 30.3 Å². The number of carbonyl (C=O) groups is 1. The summed E-state index contributed by atoms with van der Waals surface area (Å²) in [4.78, 5) is 16.1. The zero-order valence-electron chi connectivity index (χ0n) is 8.79. The number of benzene rings is 1. The normalized spacial score (nSPS) is 22.2. The Morgan fingerprint density at radius 1 is 1.18 bits per heavy atom. The van der Waals surface area contributed by atoms with Crippen LogP contribution >= 0.6 is 0 Å². The summed E-state index contributed by atoms with van der Waals surface area (Å²) in [5, 5.41) is 10.2. The highest BCUT2D eigenvalue weighted by Crippen LogP contribution is 2.15. The molecule has 2 aliphatic heterocycles. The molecule has 6 heteroatoms. The zero-order valence-corrected chi connectivity index (χ0v) is 8.79. The predicted octanol–water partition coefficient (Wildman–Crippen LogP) is -0.137. The molecule has 1 atom stereocenters. The summed E-state index contributed by atoms with van der Waals surface area (Å²) in [7, 11) is 0. The number of amides is 1. The Labute approximate surface area is 97.0 Å². The highest BCUT2D eigenvalue weighted by Gasteiger charge is 2.36. The molecule has 1 aromatic rings. The Balaban J connectivity index is 2.01. The lowest BCUT2D eigenvalue weighted by Gasteiger charge is -2.18. The van der Waals surface area contributed by atoms with Crippen molar-refractivity contribution in [2.75, 3.05) is 0 Å². The highest BCUT2D eigenvalue weighted by atomic mass is 16.2. The average Bonchev–Trinajstić information content (AvgIpc) is 2.73. The molecule has 1 amide bonds. The van der Waals surface area contributed by atoms with Crippen LogP contribution in [0, 0.1) is 5.92 Å². The van der Waals surface area contributed by atoms with Crippen LogP contribution in [0.25, 0.3) is 0 Å². The topological polar surface area (TPSA) is 92.2 Å². The standard InChI is InChI=1S/C11H9N5O/c12-8-7-10(16-15-8)13-9(14-11(7)17)6-4-2-1-3-5-6/h1-5,7H,(H2,12,15)(H,13,14,16,17). The molecular weight excluding hydrogens is 218 g/mol. The van der Waals surface area contributed by atoms with Gasteiger partial charge >= 0.3 is 0 Å². The first-order valence-corrected chi connectivity index (χ1v) is 5.11. The minimum atomic E-state index is -0.637. The van der Waals surface area contributed by atoms with Crippen molar-refractivity contribution in [2.24, 2.45) is 26.8 Å². The van der Waals surface area contributed by atoms with E-state index in [0.717, 1.165) is 5.56 Å². The third-order valence-corrected chi connectivity index (χ3v) is 2.60. The van der Waals surface area contributed by atoms with E-state index in [0.29, 0.717) is 11.7 Å².